The Morgan fingerprint density at radius 3 is 2.41 bits per heavy atom. The fourth-order valence-corrected chi connectivity index (χ4v) is 4.10. The molecule has 0 heterocycles. The van der Waals surface area contributed by atoms with E-state index in [1.54, 1.807) is 24.3 Å². The quantitative estimate of drug-likeness (QED) is 0.777. The van der Waals surface area contributed by atoms with Gasteiger partial charge in [-0.1, -0.05) is 43.1 Å². The molecule has 0 aliphatic carbocycles. The number of anilines is 1. The molecule has 0 saturated carbocycles. The zero-order chi connectivity index (χ0) is 16.2. The van der Waals surface area contributed by atoms with Crippen LogP contribution < -0.4 is 4.31 Å². The summed E-state index contributed by atoms with van der Waals surface area (Å²) in [6.07, 6.45) is 1.57. The molecule has 0 spiro atoms. The van der Waals surface area contributed by atoms with Gasteiger partial charge in [-0.3, -0.25) is 4.31 Å². The van der Waals surface area contributed by atoms with Gasteiger partial charge in [-0.2, -0.15) is 0 Å². The molecular formula is C16H17ClFNO2S. The number of sulfonamides is 1. The minimum Gasteiger partial charge on any atom is -0.266 e. The number of para-hydroxylation sites is 1. The lowest BCUT2D eigenvalue weighted by atomic mass is 10.3. The Bertz CT molecular complexity index is 735. The van der Waals surface area contributed by atoms with Crippen molar-refractivity contribution < 1.29 is 12.8 Å². The van der Waals surface area contributed by atoms with Gasteiger partial charge in [0.05, 0.1) is 10.7 Å². The molecule has 0 N–H and O–H groups in total. The number of hydrogen-bond acceptors (Lipinski definition) is 2. The summed E-state index contributed by atoms with van der Waals surface area (Å²) in [7, 11) is -3.84. The van der Waals surface area contributed by atoms with Crippen LogP contribution in [0.4, 0.5) is 10.1 Å². The third-order valence-corrected chi connectivity index (χ3v) is 5.53. The summed E-state index contributed by atoms with van der Waals surface area (Å²) in [5.41, 5.74) is 0.566. The molecule has 2 rings (SSSR count). The van der Waals surface area contributed by atoms with Crippen LogP contribution in [0.15, 0.2) is 53.4 Å². The van der Waals surface area contributed by atoms with Crippen molar-refractivity contribution in [3.63, 3.8) is 0 Å². The molecule has 3 nitrogen and oxygen atoms in total. The van der Waals surface area contributed by atoms with E-state index in [0.29, 0.717) is 18.7 Å². The highest BCUT2D eigenvalue weighted by atomic mass is 35.5. The molecule has 0 bridgehead atoms. The highest BCUT2D eigenvalue weighted by Gasteiger charge is 2.26. The summed E-state index contributed by atoms with van der Waals surface area (Å²) >= 11 is 5.93. The van der Waals surface area contributed by atoms with Crippen LogP contribution in [0.5, 0.6) is 0 Å². The van der Waals surface area contributed by atoms with Crippen LogP contribution in [0, 0.1) is 5.82 Å². The van der Waals surface area contributed by atoms with Gasteiger partial charge in [-0.25, -0.2) is 12.8 Å². The maximum atomic E-state index is 13.2. The molecule has 0 aromatic heterocycles. The second kappa shape index (κ2) is 7.11. The smallest absolute Gasteiger partial charge is 0.265 e. The Balaban J connectivity index is 2.49. The topological polar surface area (TPSA) is 37.4 Å². The molecule has 0 aliphatic rings. The summed E-state index contributed by atoms with van der Waals surface area (Å²) in [6.45, 7) is 2.33. The summed E-state index contributed by atoms with van der Waals surface area (Å²) in [5.74, 6) is -0.566. The van der Waals surface area contributed by atoms with Crippen molar-refractivity contribution in [3.8, 4) is 0 Å². The number of nitrogens with zero attached hydrogens (tertiary/aromatic N) is 1. The van der Waals surface area contributed by atoms with Crippen LogP contribution in [0.1, 0.15) is 19.8 Å². The number of halogens is 2. The Kier molecular flexibility index (Phi) is 5.42. The van der Waals surface area contributed by atoms with E-state index in [1.807, 2.05) is 13.0 Å². The van der Waals surface area contributed by atoms with E-state index in [4.69, 9.17) is 11.6 Å². The third kappa shape index (κ3) is 3.59. The SMILES string of the molecule is CCCCN(c1ccccc1)S(=O)(=O)c1ccc(F)cc1Cl. The van der Waals surface area contributed by atoms with Gasteiger partial charge in [-0.15, -0.1) is 0 Å². The predicted molar refractivity (Wildman–Crippen MR) is 87.3 cm³/mol. The number of rotatable bonds is 6. The minimum absolute atomic E-state index is 0.0875. The summed E-state index contributed by atoms with van der Waals surface area (Å²) in [6, 6.07) is 12.1. The van der Waals surface area contributed by atoms with E-state index in [-0.39, 0.29) is 9.92 Å². The van der Waals surface area contributed by atoms with Crippen molar-refractivity contribution in [2.24, 2.45) is 0 Å². The van der Waals surface area contributed by atoms with Crippen LogP contribution in [-0.4, -0.2) is 15.0 Å². The van der Waals surface area contributed by atoms with Crippen LogP contribution in [-0.2, 0) is 10.0 Å². The van der Waals surface area contributed by atoms with Crippen LogP contribution in [0.2, 0.25) is 5.02 Å². The van der Waals surface area contributed by atoms with E-state index >= 15 is 0 Å². The van der Waals surface area contributed by atoms with Gasteiger partial charge in [-0.05, 0) is 36.8 Å². The van der Waals surface area contributed by atoms with Gasteiger partial charge in [0, 0.05) is 6.54 Å². The minimum atomic E-state index is -3.84. The Morgan fingerprint density at radius 2 is 1.82 bits per heavy atom. The maximum Gasteiger partial charge on any atom is 0.265 e. The molecule has 0 amide bonds. The van der Waals surface area contributed by atoms with Crippen LogP contribution in [0.3, 0.4) is 0 Å². The first kappa shape index (κ1) is 16.8. The monoisotopic (exact) mass is 341 g/mol. The standard InChI is InChI=1S/C16H17ClFNO2S/c1-2-3-11-19(14-7-5-4-6-8-14)22(20,21)16-10-9-13(18)12-15(16)17/h4-10,12H,2-3,11H2,1H3. The molecule has 0 radical (unpaired) electrons. The first-order valence-corrected chi connectivity index (χ1v) is 8.81. The fraction of sp³-hybridized carbons (Fsp3) is 0.250. The second-order valence-electron chi connectivity index (χ2n) is 4.84. The molecule has 0 atom stereocenters. The lowest BCUT2D eigenvalue weighted by Gasteiger charge is -2.24. The van der Waals surface area contributed by atoms with E-state index in [9.17, 15) is 12.8 Å². The van der Waals surface area contributed by atoms with Crippen molar-refractivity contribution in [3.05, 3.63) is 59.4 Å². The molecule has 6 heteroatoms. The van der Waals surface area contributed by atoms with Gasteiger partial charge < -0.3 is 0 Å². The lowest BCUT2D eigenvalue weighted by Crippen LogP contribution is -2.32. The number of unbranched alkanes of at least 4 members (excludes halogenated alkanes) is 1. The first-order valence-electron chi connectivity index (χ1n) is 6.99. The molecule has 2 aromatic rings. The van der Waals surface area contributed by atoms with E-state index in [2.05, 4.69) is 0 Å². The van der Waals surface area contributed by atoms with E-state index < -0.39 is 15.8 Å². The molecule has 22 heavy (non-hydrogen) atoms. The Hall–Kier alpha value is -1.59. The normalized spacial score (nSPS) is 11.4. The van der Waals surface area contributed by atoms with Gasteiger partial charge >= 0.3 is 0 Å². The van der Waals surface area contributed by atoms with Crippen molar-refractivity contribution in [1.82, 2.24) is 0 Å². The molecule has 0 fully saturated rings. The zero-order valence-electron chi connectivity index (χ0n) is 12.2. The van der Waals surface area contributed by atoms with E-state index in [1.165, 1.54) is 10.4 Å². The van der Waals surface area contributed by atoms with Crippen molar-refractivity contribution >= 4 is 27.3 Å². The van der Waals surface area contributed by atoms with E-state index in [0.717, 1.165) is 18.6 Å². The summed E-state index contributed by atoms with van der Waals surface area (Å²) in [5, 5.41) is -0.113. The van der Waals surface area contributed by atoms with Crippen molar-refractivity contribution in [1.29, 1.82) is 0 Å². The Labute approximate surface area is 135 Å². The van der Waals surface area contributed by atoms with Gasteiger partial charge in [0.1, 0.15) is 10.7 Å². The Morgan fingerprint density at radius 1 is 1.14 bits per heavy atom. The molecule has 0 saturated heterocycles. The second-order valence-corrected chi connectivity index (χ2v) is 7.08. The average Bonchev–Trinajstić information content (AvgIpc) is 2.48. The number of hydrogen-bond donors (Lipinski definition) is 0. The highest BCUT2D eigenvalue weighted by Crippen LogP contribution is 2.29. The molecule has 0 aliphatic heterocycles. The fourth-order valence-electron chi connectivity index (χ4n) is 2.09. The molecule has 0 unspecified atom stereocenters. The molecular weight excluding hydrogens is 325 g/mol. The van der Waals surface area contributed by atoms with Gasteiger partial charge in [0.2, 0.25) is 0 Å². The van der Waals surface area contributed by atoms with Gasteiger partial charge in [0.15, 0.2) is 0 Å². The van der Waals surface area contributed by atoms with Crippen LogP contribution >= 0.6 is 11.6 Å². The lowest BCUT2D eigenvalue weighted by molar-refractivity contribution is 0.587. The van der Waals surface area contributed by atoms with Gasteiger partial charge in [0.25, 0.3) is 10.0 Å². The first-order chi connectivity index (χ1) is 10.5. The molecule has 118 valence electrons. The average molecular weight is 342 g/mol. The maximum absolute atomic E-state index is 13.2. The summed E-state index contributed by atoms with van der Waals surface area (Å²) in [4.78, 5) is -0.0875. The van der Waals surface area contributed by atoms with Crippen molar-refractivity contribution in [2.75, 3.05) is 10.8 Å². The van der Waals surface area contributed by atoms with Crippen LogP contribution in [0.25, 0.3) is 0 Å². The number of benzene rings is 2. The predicted octanol–water partition coefficient (Wildman–Crippen LogP) is 4.47. The largest absolute Gasteiger partial charge is 0.266 e. The zero-order valence-corrected chi connectivity index (χ0v) is 13.7. The molecule has 2 aromatic carbocycles. The van der Waals surface area contributed by atoms with Crippen molar-refractivity contribution in [2.45, 2.75) is 24.7 Å². The summed E-state index contributed by atoms with van der Waals surface area (Å²) < 4.78 is 40.3. The highest BCUT2D eigenvalue weighted by molar-refractivity contribution is 7.93. The third-order valence-electron chi connectivity index (χ3n) is 3.22.